The van der Waals surface area contributed by atoms with Gasteiger partial charge in [-0.15, -0.1) is 0 Å². The summed E-state index contributed by atoms with van der Waals surface area (Å²) in [6.07, 6.45) is 4.67. The Hall–Kier alpha value is -0.620. The molecule has 0 aromatic carbocycles. The molecule has 1 saturated carbocycles. The highest BCUT2D eigenvalue weighted by Gasteiger charge is 2.32. The predicted molar refractivity (Wildman–Crippen MR) is 62.3 cm³/mol. The summed E-state index contributed by atoms with van der Waals surface area (Å²) in [5.41, 5.74) is 0. The fourth-order valence-electron chi connectivity index (χ4n) is 2.17. The topological polar surface area (TPSA) is 64.5 Å². The molecule has 2 rings (SSSR count). The van der Waals surface area contributed by atoms with Gasteiger partial charge in [0.25, 0.3) is 0 Å². The first kappa shape index (κ1) is 11.9. The molecule has 2 fully saturated rings. The Labute approximate surface area is 96.9 Å². The van der Waals surface area contributed by atoms with Gasteiger partial charge in [-0.3, -0.25) is 4.79 Å². The second-order valence-corrected chi connectivity index (χ2v) is 6.81. The Kier molecular flexibility index (Phi) is 3.21. The highest BCUT2D eigenvalue weighted by atomic mass is 32.2. The normalized spacial score (nSPS) is 27.2. The van der Waals surface area contributed by atoms with E-state index in [0.717, 1.165) is 12.8 Å². The summed E-state index contributed by atoms with van der Waals surface area (Å²) < 4.78 is 20.7. The minimum atomic E-state index is -2.59. The number of hydrogen-bond donors (Lipinski definition) is 1. The third kappa shape index (κ3) is 2.38. The van der Waals surface area contributed by atoms with E-state index in [0.29, 0.717) is 26.2 Å². The third-order valence-electron chi connectivity index (χ3n) is 3.50. The van der Waals surface area contributed by atoms with E-state index in [1.54, 1.807) is 4.31 Å². The molecule has 2 aliphatic rings. The lowest BCUT2D eigenvalue weighted by molar-refractivity contribution is -0.139. The van der Waals surface area contributed by atoms with Crippen molar-refractivity contribution in [2.45, 2.75) is 19.3 Å². The minimum Gasteiger partial charge on any atom is -0.340 e. The van der Waals surface area contributed by atoms with Gasteiger partial charge in [0, 0.05) is 38.4 Å². The van der Waals surface area contributed by atoms with E-state index in [1.165, 1.54) is 12.7 Å². The number of hydrogen-bond acceptors (Lipinski definition) is 3. The van der Waals surface area contributed by atoms with Crippen molar-refractivity contribution in [3.8, 4) is 0 Å². The zero-order valence-corrected chi connectivity index (χ0v) is 10.5. The molecule has 1 unspecified atom stereocenters. The average Bonchev–Trinajstić information content (AvgIpc) is 2.14. The van der Waals surface area contributed by atoms with Crippen LogP contribution in [0.5, 0.6) is 0 Å². The van der Waals surface area contributed by atoms with Gasteiger partial charge in [0.15, 0.2) is 0 Å². The first-order chi connectivity index (χ1) is 7.48. The largest absolute Gasteiger partial charge is 0.340 e. The molecule has 0 aromatic heterocycles. The number of nitrogens with zero attached hydrogens (tertiary/aromatic N) is 2. The number of carbonyl (C=O) groups is 1. The monoisotopic (exact) mass is 245 g/mol. The average molecular weight is 245 g/mol. The summed E-state index contributed by atoms with van der Waals surface area (Å²) in [5, 5.41) is 0. The maximum atomic E-state index is 11.9. The molecule has 0 radical (unpaired) electrons. The Morgan fingerprint density at radius 2 is 1.81 bits per heavy atom. The van der Waals surface area contributed by atoms with Crippen LogP contribution in [-0.4, -0.2) is 51.8 Å². The molecule has 1 atom stereocenters. The second kappa shape index (κ2) is 4.33. The molecule has 1 saturated heterocycles. The Balaban J connectivity index is 1.87. The van der Waals surface area contributed by atoms with Crippen LogP contribution >= 0.6 is 0 Å². The van der Waals surface area contributed by atoms with Crippen LogP contribution in [0, 0.1) is 10.7 Å². The van der Waals surface area contributed by atoms with Crippen LogP contribution in [0.4, 0.5) is 0 Å². The van der Waals surface area contributed by atoms with Crippen LogP contribution in [0.2, 0.25) is 0 Å². The van der Waals surface area contributed by atoms with E-state index < -0.39 is 9.92 Å². The standard InChI is InChI=1S/C10H19N3O2S/c1-16(11,15)13-7-5-12(6-8-13)10(14)9-3-2-4-9/h9,11H,2-8H2,1H3. The summed E-state index contributed by atoms with van der Waals surface area (Å²) in [6, 6.07) is 0. The smallest absolute Gasteiger partial charge is 0.225 e. The zero-order valence-electron chi connectivity index (χ0n) is 9.65. The summed E-state index contributed by atoms with van der Waals surface area (Å²) in [7, 11) is -2.59. The van der Waals surface area contributed by atoms with Crippen LogP contribution < -0.4 is 0 Å². The molecule has 0 aromatic rings. The number of nitrogens with one attached hydrogen (secondary N) is 1. The van der Waals surface area contributed by atoms with Gasteiger partial charge in [-0.25, -0.2) is 13.3 Å². The first-order valence-corrected chi connectivity index (χ1v) is 7.68. The maximum absolute atomic E-state index is 11.9. The van der Waals surface area contributed by atoms with Crippen LogP contribution in [-0.2, 0) is 14.7 Å². The van der Waals surface area contributed by atoms with Crippen LogP contribution in [0.25, 0.3) is 0 Å². The van der Waals surface area contributed by atoms with Crippen molar-refractivity contribution in [3.05, 3.63) is 0 Å². The maximum Gasteiger partial charge on any atom is 0.225 e. The molecular weight excluding hydrogens is 226 g/mol. The molecule has 0 bridgehead atoms. The van der Waals surface area contributed by atoms with Gasteiger partial charge in [0.1, 0.15) is 9.92 Å². The lowest BCUT2D eigenvalue weighted by Crippen LogP contribution is -2.52. The lowest BCUT2D eigenvalue weighted by atomic mass is 9.84. The first-order valence-electron chi connectivity index (χ1n) is 5.76. The molecule has 0 spiro atoms. The molecule has 6 heteroatoms. The van der Waals surface area contributed by atoms with Crippen molar-refractivity contribution >= 4 is 15.8 Å². The summed E-state index contributed by atoms with van der Waals surface area (Å²) >= 11 is 0. The molecule has 1 N–H and O–H groups in total. The lowest BCUT2D eigenvalue weighted by Gasteiger charge is -2.37. The molecule has 16 heavy (non-hydrogen) atoms. The van der Waals surface area contributed by atoms with Gasteiger partial charge in [-0.1, -0.05) is 6.42 Å². The van der Waals surface area contributed by atoms with Gasteiger partial charge in [-0.05, 0) is 12.8 Å². The fraction of sp³-hybridized carbons (Fsp3) is 0.900. The zero-order chi connectivity index (χ0) is 11.8. The fourth-order valence-corrected chi connectivity index (χ4v) is 3.03. The quantitative estimate of drug-likeness (QED) is 0.771. The van der Waals surface area contributed by atoms with E-state index in [9.17, 15) is 9.00 Å². The van der Waals surface area contributed by atoms with E-state index in [1.807, 2.05) is 4.90 Å². The summed E-state index contributed by atoms with van der Waals surface area (Å²) in [6.45, 7) is 2.38. The van der Waals surface area contributed by atoms with Crippen molar-refractivity contribution in [3.63, 3.8) is 0 Å². The van der Waals surface area contributed by atoms with Crippen LogP contribution in [0.15, 0.2) is 0 Å². The van der Waals surface area contributed by atoms with Crippen molar-refractivity contribution < 1.29 is 9.00 Å². The Bertz CT molecular complexity index is 368. The van der Waals surface area contributed by atoms with E-state index in [-0.39, 0.29) is 11.8 Å². The van der Waals surface area contributed by atoms with Gasteiger partial charge < -0.3 is 4.90 Å². The number of rotatable bonds is 2. The number of carbonyl (C=O) groups excluding carboxylic acids is 1. The molecule has 92 valence electrons. The van der Waals surface area contributed by atoms with E-state index in [2.05, 4.69) is 0 Å². The third-order valence-corrected chi connectivity index (χ3v) is 4.85. The van der Waals surface area contributed by atoms with Gasteiger partial charge >= 0.3 is 0 Å². The highest BCUT2D eigenvalue weighted by molar-refractivity contribution is 7.89. The van der Waals surface area contributed by atoms with E-state index in [4.69, 9.17) is 4.78 Å². The number of piperazine rings is 1. The predicted octanol–water partition coefficient (Wildman–Crippen LogP) is 0.522. The van der Waals surface area contributed by atoms with Crippen LogP contribution in [0.3, 0.4) is 0 Å². The molecule has 5 nitrogen and oxygen atoms in total. The SMILES string of the molecule is CS(=N)(=O)N1CCN(C(=O)C2CCC2)CC1. The Morgan fingerprint density at radius 3 is 2.19 bits per heavy atom. The number of amides is 1. The Morgan fingerprint density at radius 1 is 1.25 bits per heavy atom. The van der Waals surface area contributed by atoms with Crippen molar-refractivity contribution in [1.82, 2.24) is 9.21 Å². The van der Waals surface area contributed by atoms with Gasteiger partial charge in [-0.2, -0.15) is 0 Å². The second-order valence-electron chi connectivity index (χ2n) is 4.68. The van der Waals surface area contributed by atoms with Gasteiger partial charge in [0.2, 0.25) is 5.91 Å². The molecule has 1 heterocycles. The molecule has 1 aliphatic heterocycles. The molecule has 1 amide bonds. The van der Waals surface area contributed by atoms with Gasteiger partial charge in [0.05, 0.1) is 0 Å². The van der Waals surface area contributed by atoms with Crippen LogP contribution in [0.1, 0.15) is 19.3 Å². The minimum absolute atomic E-state index is 0.244. The summed E-state index contributed by atoms with van der Waals surface area (Å²) in [4.78, 5) is 13.8. The molecule has 1 aliphatic carbocycles. The highest BCUT2D eigenvalue weighted by Crippen LogP contribution is 2.28. The van der Waals surface area contributed by atoms with Crippen molar-refractivity contribution in [2.24, 2.45) is 5.92 Å². The summed E-state index contributed by atoms with van der Waals surface area (Å²) in [5.74, 6) is 0.506. The van der Waals surface area contributed by atoms with Crippen molar-refractivity contribution in [2.75, 3.05) is 32.4 Å². The molecular formula is C10H19N3O2S. The van der Waals surface area contributed by atoms with Crippen molar-refractivity contribution in [1.29, 1.82) is 4.78 Å². The van der Waals surface area contributed by atoms with E-state index >= 15 is 0 Å².